The van der Waals surface area contributed by atoms with Crippen LogP contribution in [0.25, 0.3) is 5.57 Å². The van der Waals surface area contributed by atoms with Crippen LogP contribution >= 0.6 is 0 Å². The van der Waals surface area contributed by atoms with Gasteiger partial charge in [0.15, 0.2) is 0 Å². The SMILES string of the molecule is Cc1ccc([S@](=O)[C@H]2COCC=C2c2ccccc2)cc1. The Labute approximate surface area is 127 Å². The van der Waals surface area contributed by atoms with Crippen LogP contribution in [0.2, 0.25) is 0 Å². The summed E-state index contributed by atoms with van der Waals surface area (Å²) in [5.74, 6) is 0. The molecular formula is C18H18O2S. The van der Waals surface area contributed by atoms with Gasteiger partial charge in [-0.05, 0) is 30.2 Å². The van der Waals surface area contributed by atoms with Gasteiger partial charge in [-0.25, -0.2) is 0 Å². The van der Waals surface area contributed by atoms with E-state index in [2.05, 4.69) is 18.2 Å². The second-order valence-electron chi connectivity index (χ2n) is 5.16. The molecule has 0 radical (unpaired) electrons. The molecule has 3 heteroatoms. The molecule has 0 bridgehead atoms. The summed E-state index contributed by atoms with van der Waals surface area (Å²) in [6.07, 6.45) is 2.05. The topological polar surface area (TPSA) is 26.3 Å². The second kappa shape index (κ2) is 6.37. The highest BCUT2D eigenvalue weighted by Crippen LogP contribution is 2.28. The summed E-state index contributed by atoms with van der Waals surface area (Å²) < 4.78 is 18.4. The zero-order valence-corrected chi connectivity index (χ0v) is 12.8. The molecule has 0 fully saturated rings. The lowest BCUT2D eigenvalue weighted by Gasteiger charge is -2.24. The maximum atomic E-state index is 12.9. The summed E-state index contributed by atoms with van der Waals surface area (Å²) in [6, 6.07) is 18.0. The Morgan fingerprint density at radius 3 is 2.48 bits per heavy atom. The van der Waals surface area contributed by atoms with E-state index in [1.54, 1.807) is 0 Å². The fraction of sp³-hybridized carbons (Fsp3) is 0.222. The third kappa shape index (κ3) is 3.14. The van der Waals surface area contributed by atoms with E-state index in [1.165, 1.54) is 5.56 Å². The number of hydrogen-bond donors (Lipinski definition) is 0. The molecule has 0 saturated carbocycles. The van der Waals surface area contributed by atoms with Crippen LogP contribution in [-0.2, 0) is 15.5 Å². The van der Waals surface area contributed by atoms with Gasteiger partial charge < -0.3 is 4.74 Å². The van der Waals surface area contributed by atoms with Gasteiger partial charge in [-0.2, -0.15) is 0 Å². The molecule has 0 N–H and O–H groups in total. The number of aryl methyl sites for hydroxylation is 1. The molecular weight excluding hydrogens is 280 g/mol. The molecule has 2 atom stereocenters. The highest BCUT2D eigenvalue weighted by Gasteiger charge is 2.26. The van der Waals surface area contributed by atoms with Crippen LogP contribution in [0.3, 0.4) is 0 Å². The van der Waals surface area contributed by atoms with Crippen molar-refractivity contribution < 1.29 is 8.95 Å². The average Bonchev–Trinajstić information content (AvgIpc) is 2.56. The van der Waals surface area contributed by atoms with Crippen molar-refractivity contribution in [2.24, 2.45) is 0 Å². The summed E-state index contributed by atoms with van der Waals surface area (Å²) in [6.45, 7) is 3.12. The normalized spacial score (nSPS) is 19.9. The van der Waals surface area contributed by atoms with Crippen molar-refractivity contribution in [3.05, 3.63) is 71.8 Å². The molecule has 0 spiro atoms. The first-order valence-corrected chi connectivity index (χ1v) is 8.27. The smallest absolute Gasteiger partial charge is 0.0881 e. The zero-order valence-electron chi connectivity index (χ0n) is 12.0. The molecule has 0 aliphatic carbocycles. The molecule has 0 unspecified atom stereocenters. The molecule has 2 aromatic rings. The van der Waals surface area contributed by atoms with Gasteiger partial charge in [-0.3, -0.25) is 4.21 Å². The van der Waals surface area contributed by atoms with E-state index >= 15 is 0 Å². The van der Waals surface area contributed by atoms with Crippen molar-refractivity contribution in [3.63, 3.8) is 0 Å². The van der Waals surface area contributed by atoms with Gasteiger partial charge in [-0.1, -0.05) is 54.1 Å². The van der Waals surface area contributed by atoms with Crippen LogP contribution in [0.4, 0.5) is 0 Å². The largest absolute Gasteiger partial charge is 0.376 e. The van der Waals surface area contributed by atoms with Gasteiger partial charge in [-0.15, -0.1) is 0 Å². The lowest BCUT2D eigenvalue weighted by atomic mass is 10.0. The van der Waals surface area contributed by atoms with Gasteiger partial charge in [0.1, 0.15) is 0 Å². The van der Waals surface area contributed by atoms with E-state index in [0.29, 0.717) is 13.2 Å². The maximum absolute atomic E-state index is 12.9. The third-order valence-corrected chi connectivity index (χ3v) is 5.30. The Hall–Kier alpha value is -1.71. The summed E-state index contributed by atoms with van der Waals surface area (Å²) in [5.41, 5.74) is 3.43. The Kier molecular flexibility index (Phi) is 4.32. The van der Waals surface area contributed by atoms with Crippen LogP contribution in [-0.4, -0.2) is 22.7 Å². The molecule has 2 aromatic carbocycles. The average molecular weight is 298 g/mol. The molecule has 2 nitrogen and oxygen atoms in total. The predicted octanol–water partition coefficient (Wildman–Crippen LogP) is 3.59. The van der Waals surface area contributed by atoms with Crippen molar-refractivity contribution in [1.82, 2.24) is 0 Å². The summed E-state index contributed by atoms with van der Waals surface area (Å²) in [5, 5.41) is -0.108. The summed E-state index contributed by atoms with van der Waals surface area (Å²) in [4.78, 5) is 0.859. The molecule has 21 heavy (non-hydrogen) atoms. The van der Waals surface area contributed by atoms with Crippen molar-refractivity contribution in [1.29, 1.82) is 0 Å². The quantitative estimate of drug-likeness (QED) is 0.865. The van der Waals surface area contributed by atoms with Gasteiger partial charge in [0.2, 0.25) is 0 Å². The van der Waals surface area contributed by atoms with E-state index in [9.17, 15) is 4.21 Å². The lowest BCUT2D eigenvalue weighted by molar-refractivity contribution is 0.163. The lowest BCUT2D eigenvalue weighted by Crippen LogP contribution is -2.27. The summed E-state index contributed by atoms with van der Waals surface area (Å²) >= 11 is 0. The molecule has 108 valence electrons. The van der Waals surface area contributed by atoms with E-state index in [0.717, 1.165) is 16.0 Å². The minimum absolute atomic E-state index is 0.108. The minimum Gasteiger partial charge on any atom is -0.376 e. The highest BCUT2D eigenvalue weighted by atomic mass is 32.2. The first-order chi connectivity index (χ1) is 10.3. The van der Waals surface area contributed by atoms with E-state index in [4.69, 9.17) is 4.74 Å². The van der Waals surface area contributed by atoms with Crippen LogP contribution in [0.5, 0.6) is 0 Å². The van der Waals surface area contributed by atoms with E-state index < -0.39 is 10.8 Å². The Morgan fingerprint density at radius 1 is 1.05 bits per heavy atom. The maximum Gasteiger partial charge on any atom is 0.0881 e. The minimum atomic E-state index is -1.10. The molecule has 0 amide bonds. The summed E-state index contributed by atoms with van der Waals surface area (Å²) in [7, 11) is -1.10. The first-order valence-electron chi connectivity index (χ1n) is 7.06. The van der Waals surface area contributed by atoms with E-state index in [1.807, 2.05) is 49.4 Å². The molecule has 1 aliphatic heterocycles. The van der Waals surface area contributed by atoms with Crippen LogP contribution in [0.15, 0.2) is 65.6 Å². The fourth-order valence-electron chi connectivity index (χ4n) is 2.49. The molecule has 0 aromatic heterocycles. The zero-order chi connectivity index (χ0) is 14.7. The standard InChI is InChI=1S/C18H18O2S/c1-14-7-9-16(10-8-14)21(19)18-13-20-12-11-17(18)15-5-3-2-4-6-15/h2-11,18H,12-13H2,1H3/t18-,21-/m0/s1. The van der Waals surface area contributed by atoms with Crippen molar-refractivity contribution in [2.45, 2.75) is 17.1 Å². The predicted molar refractivity (Wildman–Crippen MR) is 86.6 cm³/mol. The van der Waals surface area contributed by atoms with E-state index in [-0.39, 0.29) is 5.25 Å². The van der Waals surface area contributed by atoms with Crippen LogP contribution < -0.4 is 0 Å². The van der Waals surface area contributed by atoms with Crippen molar-refractivity contribution in [3.8, 4) is 0 Å². The van der Waals surface area contributed by atoms with Gasteiger partial charge in [0.05, 0.1) is 29.3 Å². The van der Waals surface area contributed by atoms with Gasteiger partial charge in [0, 0.05) is 4.90 Å². The van der Waals surface area contributed by atoms with Crippen LogP contribution in [0.1, 0.15) is 11.1 Å². The number of ether oxygens (including phenoxy) is 1. The van der Waals surface area contributed by atoms with Crippen molar-refractivity contribution in [2.75, 3.05) is 13.2 Å². The molecule has 0 saturated heterocycles. The van der Waals surface area contributed by atoms with Crippen molar-refractivity contribution >= 4 is 16.4 Å². The third-order valence-electron chi connectivity index (χ3n) is 3.66. The highest BCUT2D eigenvalue weighted by molar-refractivity contribution is 7.86. The number of benzene rings is 2. The van der Waals surface area contributed by atoms with Crippen LogP contribution in [0, 0.1) is 6.92 Å². The Morgan fingerprint density at radius 2 is 1.76 bits per heavy atom. The second-order valence-corrected chi connectivity index (χ2v) is 6.80. The Balaban J connectivity index is 1.92. The Bertz CT molecular complexity index is 659. The molecule has 3 rings (SSSR count). The number of hydrogen-bond acceptors (Lipinski definition) is 2. The van der Waals surface area contributed by atoms with Gasteiger partial charge >= 0.3 is 0 Å². The monoisotopic (exact) mass is 298 g/mol. The fourth-order valence-corrected chi connectivity index (χ4v) is 3.91. The first kappa shape index (κ1) is 14.2. The molecule has 1 heterocycles. The molecule has 1 aliphatic rings. The van der Waals surface area contributed by atoms with Gasteiger partial charge in [0.25, 0.3) is 0 Å². The number of rotatable bonds is 3.